The minimum absolute atomic E-state index is 0.0293. The number of amides is 1. The Hall–Kier alpha value is -2.65. The van der Waals surface area contributed by atoms with Gasteiger partial charge in [-0.15, -0.1) is 0 Å². The summed E-state index contributed by atoms with van der Waals surface area (Å²) < 4.78 is 10.6. The van der Waals surface area contributed by atoms with Crippen molar-refractivity contribution in [2.24, 2.45) is 0 Å². The summed E-state index contributed by atoms with van der Waals surface area (Å²) in [7, 11) is 0. The number of carbonyl (C=O) groups is 1. The van der Waals surface area contributed by atoms with Gasteiger partial charge in [-0.25, -0.2) is 10.9 Å². The molecule has 2 aromatic rings. The molecule has 0 aromatic heterocycles. The van der Waals surface area contributed by atoms with Crippen LogP contribution in [0.2, 0.25) is 0 Å². The van der Waals surface area contributed by atoms with E-state index in [-0.39, 0.29) is 18.9 Å². The molecular formula is C17H19N5O3. The van der Waals surface area contributed by atoms with E-state index in [1.807, 2.05) is 42.5 Å². The van der Waals surface area contributed by atoms with Gasteiger partial charge in [0.25, 0.3) is 0 Å². The molecular weight excluding hydrogens is 322 g/mol. The van der Waals surface area contributed by atoms with Crippen LogP contribution in [0.5, 0.6) is 11.5 Å². The van der Waals surface area contributed by atoms with Crippen molar-refractivity contribution < 1.29 is 14.3 Å². The van der Waals surface area contributed by atoms with Crippen molar-refractivity contribution >= 4 is 11.6 Å². The van der Waals surface area contributed by atoms with Crippen molar-refractivity contribution in [3.8, 4) is 11.5 Å². The number of nitrogens with one attached hydrogen (secondary N) is 5. The lowest BCUT2D eigenvalue weighted by molar-refractivity contribution is -0.116. The summed E-state index contributed by atoms with van der Waals surface area (Å²) in [6, 6.07) is 13.4. The highest BCUT2D eigenvalue weighted by atomic mass is 16.7. The highest BCUT2D eigenvalue weighted by Crippen LogP contribution is 2.32. The van der Waals surface area contributed by atoms with E-state index in [0.717, 1.165) is 28.3 Å². The first-order valence-electron chi connectivity index (χ1n) is 8.07. The Labute approximate surface area is 144 Å². The average molecular weight is 341 g/mol. The Kier molecular flexibility index (Phi) is 4.49. The summed E-state index contributed by atoms with van der Waals surface area (Å²) in [4.78, 5) is 12.2. The van der Waals surface area contributed by atoms with E-state index in [2.05, 4.69) is 27.2 Å². The summed E-state index contributed by atoms with van der Waals surface area (Å²) in [5.41, 5.74) is 14.4. The highest BCUT2D eigenvalue weighted by molar-refractivity contribution is 5.90. The van der Waals surface area contributed by atoms with Crippen LogP contribution in [0, 0.1) is 0 Å². The third kappa shape index (κ3) is 3.72. The van der Waals surface area contributed by atoms with Crippen LogP contribution >= 0.6 is 0 Å². The molecule has 0 unspecified atom stereocenters. The van der Waals surface area contributed by atoms with E-state index < -0.39 is 0 Å². The molecule has 1 fully saturated rings. The van der Waals surface area contributed by atoms with Crippen LogP contribution in [0.3, 0.4) is 0 Å². The predicted molar refractivity (Wildman–Crippen MR) is 91.2 cm³/mol. The van der Waals surface area contributed by atoms with E-state index in [9.17, 15) is 4.79 Å². The summed E-state index contributed by atoms with van der Waals surface area (Å²) >= 11 is 0. The lowest BCUT2D eigenvalue weighted by Gasteiger charge is -2.12. The van der Waals surface area contributed by atoms with Crippen molar-refractivity contribution in [1.82, 2.24) is 21.9 Å². The first-order chi connectivity index (χ1) is 12.3. The van der Waals surface area contributed by atoms with Crippen LogP contribution in [0.25, 0.3) is 0 Å². The molecule has 2 aromatic carbocycles. The van der Waals surface area contributed by atoms with Gasteiger partial charge >= 0.3 is 0 Å². The second kappa shape index (κ2) is 7.08. The van der Waals surface area contributed by atoms with Crippen molar-refractivity contribution in [2.75, 3.05) is 12.1 Å². The quantitative estimate of drug-likeness (QED) is 0.556. The molecule has 8 nitrogen and oxygen atoms in total. The number of fused-ring (bicyclic) bond motifs is 1. The molecule has 1 saturated heterocycles. The Morgan fingerprint density at radius 1 is 1.08 bits per heavy atom. The Morgan fingerprint density at radius 2 is 1.92 bits per heavy atom. The molecule has 5 N–H and O–H groups in total. The number of benzene rings is 2. The lowest BCUT2D eigenvalue weighted by atomic mass is 10.1. The van der Waals surface area contributed by atoms with Gasteiger partial charge in [-0.05, 0) is 41.8 Å². The van der Waals surface area contributed by atoms with Crippen molar-refractivity contribution in [2.45, 2.75) is 19.0 Å². The monoisotopic (exact) mass is 341 g/mol. The molecule has 0 bridgehead atoms. The molecule has 4 rings (SSSR count). The van der Waals surface area contributed by atoms with Crippen LogP contribution < -0.4 is 36.7 Å². The van der Waals surface area contributed by atoms with Gasteiger partial charge in [0.2, 0.25) is 12.7 Å². The van der Waals surface area contributed by atoms with Gasteiger partial charge in [-0.3, -0.25) is 4.79 Å². The summed E-state index contributed by atoms with van der Waals surface area (Å²) in [5, 5.41) is 2.94. The van der Waals surface area contributed by atoms with E-state index >= 15 is 0 Å². The average Bonchev–Trinajstić information content (AvgIpc) is 3.31. The van der Waals surface area contributed by atoms with Crippen LogP contribution in [0.1, 0.15) is 23.7 Å². The third-order valence-electron chi connectivity index (χ3n) is 4.08. The fourth-order valence-corrected chi connectivity index (χ4v) is 2.79. The second-order valence-corrected chi connectivity index (χ2v) is 5.83. The number of hydrogen-bond acceptors (Lipinski definition) is 7. The number of ether oxygens (including phenoxy) is 2. The maximum Gasteiger partial charge on any atom is 0.231 e. The van der Waals surface area contributed by atoms with Gasteiger partial charge in [0.1, 0.15) is 6.17 Å². The van der Waals surface area contributed by atoms with Crippen LogP contribution in [0.15, 0.2) is 42.5 Å². The van der Waals surface area contributed by atoms with E-state index in [0.29, 0.717) is 12.8 Å². The Balaban J connectivity index is 1.33. The second-order valence-electron chi connectivity index (χ2n) is 5.83. The minimum Gasteiger partial charge on any atom is -0.454 e. The zero-order valence-corrected chi connectivity index (χ0v) is 13.5. The summed E-state index contributed by atoms with van der Waals surface area (Å²) in [6.45, 7) is 0.255. The normalized spacial score (nSPS) is 16.2. The molecule has 0 spiro atoms. The van der Waals surface area contributed by atoms with E-state index in [4.69, 9.17) is 9.47 Å². The minimum atomic E-state index is -0.0644. The first-order valence-corrected chi connectivity index (χ1v) is 8.07. The number of anilines is 1. The fraction of sp³-hybridized carbons (Fsp3) is 0.235. The van der Waals surface area contributed by atoms with E-state index in [1.54, 1.807) is 0 Å². The standard InChI is InChI=1S/C17H19N5O3/c23-16(7-5-11-4-6-14-15(8-11)25-10-24-14)18-13-3-1-2-12(9-13)17-19-21-22-20-17/h1-4,6,8-9,17,19-22H,5,7,10H2,(H,18,23). The first kappa shape index (κ1) is 15.9. The topological polar surface area (TPSA) is 95.7 Å². The molecule has 2 heterocycles. The van der Waals surface area contributed by atoms with Gasteiger partial charge < -0.3 is 14.8 Å². The smallest absolute Gasteiger partial charge is 0.231 e. The number of hydrogen-bond donors (Lipinski definition) is 5. The Morgan fingerprint density at radius 3 is 2.80 bits per heavy atom. The van der Waals surface area contributed by atoms with Gasteiger partial charge in [-0.1, -0.05) is 18.2 Å². The molecule has 0 saturated carbocycles. The molecule has 0 radical (unpaired) electrons. The number of hydrazine groups is 3. The molecule has 8 heteroatoms. The zero-order valence-electron chi connectivity index (χ0n) is 13.5. The molecule has 1 amide bonds. The molecule has 2 aliphatic rings. The van der Waals surface area contributed by atoms with Gasteiger partial charge in [-0.2, -0.15) is 11.1 Å². The van der Waals surface area contributed by atoms with Crippen molar-refractivity contribution in [3.05, 3.63) is 53.6 Å². The Bertz CT molecular complexity index is 777. The zero-order chi connectivity index (χ0) is 17.1. The van der Waals surface area contributed by atoms with Crippen molar-refractivity contribution in [3.63, 3.8) is 0 Å². The summed E-state index contributed by atoms with van der Waals surface area (Å²) in [6.07, 6.45) is 0.972. The maximum atomic E-state index is 12.2. The van der Waals surface area contributed by atoms with E-state index in [1.165, 1.54) is 0 Å². The molecule has 25 heavy (non-hydrogen) atoms. The largest absolute Gasteiger partial charge is 0.454 e. The lowest BCUT2D eigenvalue weighted by Crippen LogP contribution is -2.33. The maximum absolute atomic E-state index is 12.2. The highest BCUT2D eigenvalue weighted by Gasteiger charge is 2.16. The van der Waals surface area contributed by atoms with Crippen LogP contribution in [-0.2, 0) is 11.2 Å². The van der Waals surface area contributed by atoms with Crippen molar-refractivity contribution in [1.29, 1.82) is 0 Å². The fourth-order valence-electron chi connectivity index (χ4n) is 2.79. The predicted octanol–water partition coefficient (Wildman–Crippen LogP) is 1.10. The van der Waals surface area contributed by atoms with Crippen LogP contribution in [-0.4, -0.2) is 12.7 Å². The van der Waals surface area contributed by atoms with Gasteiger partial charge in [0, 0.05) is 12.1 Å². The summed E-state index contributed by atoms with van der Waals surface area (Å²) in [5.74, 6) is 1.46. The number of rotatable bonds is 5. The van der Waals surface area contributed by atoms with Crippen LogP contribution in [0.4, 0.5) is 5.69 Å². The molecule has 0 atom stereocenters. The number of aryl methyl sites for hydroxylation is 1. The number of carbonyl (C=O) groups excluding carboxylic acids is 1. The van der Waals surface area contributed by atoms with Gasteiger partial charge in [0.15, 0.2) is 11.5 Å². The third-order valence-corrected chi connectivity index (χ3v) is 4.08. The molecule has 2 aliphatic heterocycles. The van der Waals surface area contributed by atoms with Gasteiger partial charge in [0.05, 0.1) is 0 Å². The molecule has 0 aliphatic carbocycles. The molecule has 130 valence electrons. The SMILES string of the molecule is O=C(CCc1ccc2c(c1)OCO2)Nc1cccc(C2NNNN2)c1.